The van der Waals surface area contributed by atoms with Crippen LogP contribution in [0.4, 0.5) is 0 Å². The van der Waals surface area contributed by atoms with Crippen LogP contribution in [0, 0.1) is 29.1 Å². The highest BCUT2D eigenvalue weighted by Crippen LogP contribution is 2.61. The molecule has 2 aromatic rings. The van der Waals surface area contributed by atoms with E-state index in [2.05, 4.69) is 31.4 Å². The van der Waals surface area contributed by atoms with Gasteiger partial charge in [-0.05, 0) is 54.6 Å². The third-order valence-electron chi connectivity index (χ3n) is 10.5. The number of nitrogens with zero attached hydrogens (tertiary/aromatic N) is 1. The molecular formula is C33H45BN4O5. The molecule has 1 aliphatic heterocycles. The van der Waals surface area contributed by atoms with Crippen LogP contribution in [-0.2, 0) is 16.2 Å². The Hall–Kier alpha value is -2.92. The fourth-order valence-electron chi connectivity index (χ4n) is 7.96. The number of nitrogens with one attached hydrogen (secondary N) is 2. The first-order valence-corrected chi connectivity index (χ1v) is 15.3. The Balaban J connectivity index is 1.44. The smallest absolute Gasteiger partial charge is 0.251 e. The minimum Gasteiger partial charge on any atom is -0.496 e. The molecule has 2 radical (unpaired) electrons. The molecule has 2 aromatic carbocycles. The van der Waals surface area contributed by atoms with Gasteiger partial charge < -0.3 is 26.2 Å². The quantitative estimate of drug-likeness (QED) is 0.331. The van der Waals surface area contributed by atoms with Crippen LogP contribution in [0.25, 0.3) is 11.1 Å². The van der Waals surface area contributed by atoms with Crippen LogP contribution in [0.15, 0.2) is 36.4 Å². The summed E-state index contributed by atoms with van der Waals surface area (Å²) in [6.45, 7) is 8.99. The van der Waals surface area contributed by atoms with Crippen molar-refractivity contribution in [1.82, 2.24) is 15.7 Å². The lowest BCUT2D eigenvalue weighted by molar-refractivity contribution is -0.175. The molecule has 5 N–H and O–H groups in total. The largest absolute Gasteiger partial charge is 0.496 e. The number of aliphatic hydroxyl groups is 1. The van der Waals surface area contributed by atoms with E-state index in [9.17, 15) is 14.7 Å². The number of nitrogens with two attached hydrogens (primary N) is 1. The number of rotatable bonds is 9. The third-order valence-corrected chi connectivity index (χ3v) is 10.5. The maximum absolute atomic E-state index is 14.1. The van der Waals surface area contributed by atoms with Crippen LogP contribution in [0.1, 0.15) is 56.5 Å². The fourth-order valence-corrected chi connectivity index (χ4v) is 7.96. The van der Waals surface area contributed by atoms with Crippen molar-refractivity contribution in [3.05, 3.63) is 47.5 Å². The van der Waals surface area contributed by atoms with Crippen molar-refractivity contribution in [3.8, 4) is 16.9 Å². The minimum atomic E-state index is -0.811. The van der Waals surface area contributed by atoms with Crippen LogP contribution in [0.3, 0.4) is 0 Å². The molecule has 43 heavy (non-hydrogen) atoms. The van der Waals surface area contributed by atoms with Gasteiger partial charge >= 0.3 is 0 Å². The highest BCUT2D eigenvalue weighted by atomic mass is 16.7. The highest BCUT2D eigenvalue weighted by Gasteiger charge is 2.57. The molecule has 0 spiro atoms. The molecule has 4 aliphatic rings. The van der Waals surface area contributed by atoms with E-state index in [0.29, 0.717) is 39.9 Å². The summed E-state index contributed by atoms with van der Waals surface area (Å²) in [6.07, 6.45) is 0.843. The number of ether oxygens (including phenoxy) is 1. The molecule has 2 bridgehead atoms. The van der Waals surface area contributed by atoms with Gasteiger partial charge in [-0.3, -0.25) is 14.4 Å². The lowest BCUT2D eigenvalue weighted by Gasteiger charge is -2.62. The molecule has 8 atom stereocenters. The molecule has 3 saturated carbocycles. The molecule has 1 heterocycles. The number of para-hydroxylation sites is 1. The summed E-state index contributed by atoms with van der Waals surface area (Å²) in [4.78, 5) is 32.7. The van der Waals surface area contributed by atoms with E-state index in [4.69, 9.17) is 23.2 Å². The zero-order chi connectivity index (χ0) is 31.2. The molecule has 9 nitrogen and oxygen atoms in total. The van der Waals surface area contributed by atoms with Crippen LogP contribution in [0.5, 0.6) is 5.75 Å². The van der Waals surface area contributed by atoms with Gasteiger partial charge in [0.2, 0.25) is 5.91 Å². The molecule has 10 heteroatoms. The zero-order valence-corrected chi connectivity index (χ0v) is 26.1. The van der Waals surface area contributed by atoms with Crippen molar-refractivity contribution >= 4 is 25.1 Å². The van der Waals surface area contributed by atoms with Gasteiger partial charge in [0.15, 0.2) is 0 Å². The van der Waals surface area contributed by atoms with Crippen molar-refractivity contribution in [1.29, 1.82) is 0 Å². The van der Waals surface area contributed by atoms with E-state index >= 15 is 0 Å². The van der Waals surface area contributed by atoms with E-state index < -0.39 is 24.2 Å². The number of aliphatic hydroxyl groups excluding tert-OH is 1. The summed E-state index contributed by atoms with van der Waals surface area (Å²) in [6, 6.07) is 10.2. The summed E-state index contributed by atoms with van der Waals surface area (Å²) < 4.78 is 5.90. The second kappa shape index (κ2) is 12.2. The van der Waals surface area contributed by atoms with Gasteiger partial charge in [0.05, 0.1) is 25.9 Å². The second-order valence-electron chi connectivity index (χ2n) is 13.2. The third kappa shape index (κ3) is 5.70. The van der Waals surface area contributed by atoms with Crippen LogP contribution in [0.2, 0.25) is 0 Å². The molecule has 2 unspecified atom stereocenters. The molecule has 1 saturated heterocycles. The minimum absolute atomic E-state index is 0.0774. The average Bonchev–Trinajstić information content (AvgIpc) is 3.35. The van der Waals surface area contributed by atoms with Crippen molar-refractivity contribution in [2.45, 2.75) is 71.4 Å². The average molecular weight is 589 g/mol. The molecule has 230 valence electrons. The number of benzene rings is 2. The number of carbonyl (C=O) groups excluding carboxylic acids is 2. The van der Waals surface area contributed by atoms with Gasteiger partial charge in [-0.25, -0.2) is 0 Å². The van der Waals surface area contributed by atoms with E-state index in [-0.39, 0.29) is 30.9 Å². The highest BCUT2D eigenvalue weighted by molar-refractivity contribution is 6.33. The number of hydrogen-bond acceptors (Lipinski definition) is 7. The number of carbonyl (C=O) groups is 2. The number of methoxy groups -OCH3 is 1. The first-order valence-electron chi connectivity index (χ1n) is 15.3. The Labute approximate surface area is 256 Å². The van der Waals surface area contributed by atoms with Gasteiger partial charge in [0, 0.05) is 42.2 Å². The van der Waals surface area contributed by atoms with Crippen molar-refractivity contribution in [2.75, 3.05) is 20.7 Å². The van der Waals surface area contributed by atoms with Gasteiger partial charge in [0.25, 0.3) is 5.91 Å². The normalized spacial score (nSPS) is 30.3. The van der Waals surface area contributed by atoms with Crippen molar-refractivity contribution in [3.63, 3.8) is 0 Å². The lowest BCUT2D eigenvalue weighted by atomic mass is 9.45. The summed E-state index contributed by atoms with van der Waals surface area (Å²) in [7, 11) is 9.32. The molecule has 4 fully saturated rings. The standard InChI is InChI=1S/C33H45BN4O5/c1-17-25-13-22(33(25,3)4)14-26(17)37-32(41)29-28(18(2)39)27(15-35)43-38(29)16-19-8-7-9-24(30(19)42-6)20-10-21(31(40)36-5)12-23(34)11-20/h7-12,17-18,22,25-29,39H,13-16,35H2,1-6H3,(H,36,40)(H,37,41)/t17-,18-,22+,25-,26?,27-,28-,29?/m0/s1. The van der Waals surface area contributed by atoms with Crippen LogP contribution in [-0.4, -0.2) is 74.8 Å². The van der Waals surface area contributed by atoms with Crippen LogP contribution >= 0.6 is 0 Å². The monoisotopic (exact) mass is 588 g/mol. The van der Waals surface area contributed by atoms with Crippen molar-refractivity contribution < 1.29 is 24.3 Å². The number of hydroxylamine groups is 2. The number of hydrogen-bond donors (Lipinski definition) is 4. The Kier molecular flexibility index (Phi) is 8.96. The van der Waals surface area contributed by atoms with E-state index in [1.54, 1.807) is 44.3 Å². The Morgan fingerprint density at radius 2 is 2.00 bits per heavy atom. The van der Waals surface area contributed by atoms with E-state index in [1.807, 2.05) is 18.2 Å². The Morgan fingerprint density at radius 3 is 2.60 bits per heavy atom. The molecule has 6 rings (SSSR count). The molecule has 2 amide bonds. The molecular weight excluding hydrogens is 543 g/mol. The summed E-state index contributed by atoms with van der Waals surface area (Å²) in [5.74, 6) is 1.22. The van der Waals surface area contributed by atoms with Gasteiger partial charge in [0.1, 0.15) is 19.6 Å². The zero-order valence-electron chi connectivity index (χ0n) is 26.1. The van der Waals surface area contributed by atoms with E-state index in [1.165, 1.54) is 6.42 Å². The summed E-state index contributed by atoms with van der Waals surface area (Å²) >= 11 is 0. The summed E-state index contributed by atoms with van der Waals surface area (Å²) in [5.41, 5.74) is 9.54. The van der Waals surface area contributed by atoms with Gasteiger partial charge in [-0.1, -0.05) is 56.6 Å². The summed E-state index contributed by atoms with van der Waals surface area (Å²) in [5, 5.41) is 18.5. The van der Waals surface area contributed by atoms with Crippen molar-refractivity contribution in [2.24, 2.45) is 34.8 Å². The van der Waals surface area contributed by atoms with E-state index in [0.717, 1.165) is 23.1 Å². The lowest BCUT2D eigenvalue weighted by Crippen LogP contribution is -2.62. The predicted molar refractivity (Wildman–Crippen MR) is 167 cm³/mol. The maximum Gasteiger partial charge on any atom is 0.251 e. The molecule has 0 aromatic heterocycles. The van der Waals surface area contributed by atoms with Gasteiger partial charge in [-0.2, -0.15) is 5.06 Å². The maximum atomic E-state index is 14.1. The Bertz CT molecular complexity index is 1370. The van der Waals surface area contributed by atoms with Crippen LogP contribution < -0.4 is 26.6 Å². The predicted octanol–water partition coefficient (Wildman–Crippen LogP) is 2.14. The second-order valence-corrected chi connectivity index (χ2v) is 13.2. The molecule has 3 aliphatic carbocycles. The fraction of sp³-hybridized carbons (Fsp3) is 0.576. The first kappa shape index (κ1) is 31.5. The Morgan fingerprint density at radius 1 is 1.26 bits per heavy atom. The number of fused-ring (bicyclic) bond motifs is 2. The SMILES string of the molecule is [B]c1cc(C(=O)NC)cc(-c2cccc(CN3O[C@@H](CN)[C@H]([C@H](C)O)C3C(=O)NC3C[C@H]4C[C@@H]([C@@H]3C)C4(C)C)c2OC)c1. The van der Waals surface area contributed by atoms with Gasteiger partial charge in [-0.15, -0.1) is 0 Å². The first-order chi connectivity index (χ1) is 20.4. The number of amides is 2. The topological polar surface area (TPSA) is 126 Å².